The van der Waals surface area contributed by atoms with Gasteiger partial charge in [0, 0.05) is 11.6 Å². The van der Waals surface area contributed by atoms with E-state index in [2.05, 4.69) is 12.2 Å². The summed E-state index contributed by atoms with van der Waals surface area (Å²) >= 11 is 0. The molecule has 0 bridgehead atoms. The van der Waals surface area contributed by atoms with Crippen LogP contribution in [0.5, 0.6) is 0 Å². The molecule has 0 amide bonds. The molecule has 1 fully saturated rings. The third-order valence-corrected chi connectivity index (χ3v) is 4.39. The molecule has 1 N–H and O–H groups in total. The number of nitrogens with one attached hydrogen (secondary N) is 1. The zero-order chi connectivity index (χ0) is 14.0. The topological polar surface area (TPSA) is 12.0 Å². The number of hydrogen-bond acceptors (Lipinski definition) is 1. The molecule has 106 valence electrons. The van der Waals surface area contributed by atoms with Gasteiger partial charge in [0.2, 0.25) is 0 Å². The molecule has 1 saturated carbocycles. The lowest BCUT2D eigenvalue weighted by Gasteiger charge is -2.28. The third kappa shape index (κ3) is 2.97. The van der Waals surface area contributed by atoms with Gasteiger partial charge in [-0.15, -0.1) is 0 Å². The van der Waals surface area contributed by atoms with Crippen LogP contribution in [0.15, 0.2) is 12.1 Å². The molecule has 0 spiro atoms. The van der Waals surface area contributed by atoms with Crippen molar-refractivity contribution in [1.82, 2.24) is 5.32 Å². The van der Waals surface area contributed by atoms with Gasteiger partial charge in [0.15, 0.2) is 0 Å². The van der Waals surface area contributed by atoms with E-state index in [4.69, 9.17) is 0 Å². The number of halogens is 2. The van der Waals surface area contributed by atoms with Gasteiger partial charge in [0.1, 0.15) is 11.6 Å². The summed E-state index contributed by atoms with van der Waals surface area (Å²) in [6.45, 7) is 6.59. The Morgan fingerprint density at radius 2 is 2.00 bits per heavy atom. The van der Waals surface area contributed by atoms with Crippen LogP contribution >= 0.6 is 0 Å². The Morgan fingerprint density at radius 1 is 1.26 bits per heavy atom. The Kier molecular flexibility index (Phi) is 4.56. The average molecular weight is 267 g/mol. The predicted octanol–water partition coefficient (Wildman–Crippen LogP) is 4.36. The van der Waals surface area contributed by atoms with Gasteiger partial charge >= 0.3 is 0 Å². The van der Waals surface area contributed by atoms with Crippen LogP contribution < -0.4 is 5.32 Å². The van der Waals surface area contributed by atoms with Crippen LogP contribution in [0.4, 0.5) is 8.78 Å². The van der Waals surface area contributed by atoms with Crippen molar-refractivity contribution < 1.29 is 8.78 Å². The standard InChI is InChI=1S/C16H23F2N/c1-4-19-16(12-7-5-6-10(12)2)13-9-14(17)11(3)8-15(13)18/h8-10,12,16,19H,4-7H2,1-3H3. The Balaban J connectivity index is 2.35. The zero-order valence-electron chi connectivity index (χ0n) is 12.0. The number of hydrogen-bond donors (Lipinski definition) is 1. The van der Waals surface area contributed by atoms with Gasteiger partial charge < -0.3 is 5.32 Å². The molecule has 3 heteroatoms. The van der Waals surface area contributed by atoms with E-state index in [-0.39, 0.29) is 17.7 Å². The second-order valence-electron chi connectivity index (χ2n) is 5.73. The van der Waals surface area contributed by atoms with Gasteiger partial charge in [-0.3, -0.25) is 0 Å². The first-order chi connectivity index (χ1) is 9.04. The Labute approximate surface area is 114 Å². The van der Waals surface area contributed by atoms with E-state index < -0.39 is 0 Å². The highest BCUT2D eigenvalue weighted by molar-refractivity contribution is 5.28. The lowest BCUT2D eigenvalue weighted by Crippen LogP contribution is -2.30. The van der Waals surface area contributed by atoms with Crippen molar-refractivity contribution in [2.75, 3.05) is 6.54 Å². The minimum Gasteiger partial charge on any atom is -0.310 e. The van der Waals surface area contributed by atoms with Crippen molar-refractivity contribution in [1.29, 1.82) is 0 Å². The molecule has 1 nitrogen and oxygen atoms in total. The monoisotopic (exact) mass is 267 g/mol. The lowest BCUT2D eigenvalue weighted by atomic mass is 9.85. The Bertz CT molecular complexity index is 445. The van der Waals surface area contributed by atoms with Gasteiger partial charge in [-0.2, -0.15) is 0 Å². The molecule has 1 aliphatic carbocycles. The molecule has 1 aromatic carbocycles. The first kappa shape index (κ1) is 14.4. The second kappa shape index (κ2) is 6.00. The smallest absolute Gasteiger partial charge is 0.128 e. The molecule has 2 rings (SSSR count). The maximum absolute atomic E-state index is 14.2. The van der Waals surface area contributed by atoms with E-state index >= 15 is 0 Å². The molecule has 0 aromatic heterocycles. The minimum absolute atomic E-state index is 0.0717. The highest BCUT2D eigenvalue weighted by Crippen LogP contribution is 2.41. The molecular weight excluding hydrogens is 244 g/mol. The summed E-state index contributed by atoms with van der Waals surface area (Å²) in [5.41, 5.74) is 0.861. The summed E-state index contributed by atoms with van der Waals surface area (Å²) < 4.78 is 27.9. The van der Waals surface area contributed by atoms with Crippen LogP contribution in [0.2, 0.25) is 0 Å². The van der Waals surface area contributed by atoms with Crippen molar-refractivity contribution in [2.24, 2.45) is 11.8 Å². The molecule has 19 heavy (non-hydrogen) atoms. The fraction of sp³-hybridized carbons (Fsp3) is 0.625. The molecule has 3 atom stereocenters. The molecule has 3 unspecified atom stereocenters. The van der Waals surface area contributed by atoms with Crippen LogP contribution in [0, 0.1) is 30.4 Å². The highest BCUT2D eigenvalue weighted by Gasteiger charge is 2.33. The second-order valence-corrected chi connectivity index (χ2v) is 5.73. The van der Waals surface area contributed by atoms with E-state index in [0.717, 1.165) is 13.0 Å². The van der Waals surface area contributed by atoms with Gasteiger partial charge in [0.25, 0.3) is 0 Å². The van der Waals surface area contributed by atoms with Crippen LogP contribution in [-0.2, 0) is 0 Å². The quantitative estimate of drug-likeness (QED) is 0.854. The Hall–Kier alpha value is -0.960. The maximum atomic E-state index is 14.2. The van der Waals surface area contributed by atoms with Crippen molar-refractivity contribution in [3.8, 4) is 0 Å². The van der Waals surface area contributed by atoms with Crippen LogP contribution in [-0.4, -0.2) is 6.54 Å². The van der Waals surface area contributed by atoms with Gasteiger partial charge in [0.05, 0.1) is 0 Å². The summed E-state index contributed by atoms with van der Waals surface area (Å²) in [5, 5.41) is 3.35. The SMILES string of the molecule is CCNC(c1cc(F)c(C)cc1F)C1CCCC1C. The van der Waals surface area contributed by atoms with Crippen molar-refractivity contribution in [2.45, 2.75) is 46.1 Å². The fourth-order valence-electron chi connectivity index (χ4n) is 3.28. The largest absolute Gasteiger partial charge is 0.310 e. The minimum atomic E-state index is -0.315. The summed E-state index contributed by atoms with van der Waals surface area (Å²) in [7, 11) is 0. The van der Waals surface area contributed by atoms with Crippen LogP contribution in [0.25, 0.3) is 0 Å². The number of aryl methyl sites for hydroxylation is 1. The van der Waals surface area contributed by atoms with Gasteiger partial charge in [-0.1, -0.05) is 26.7 Å². The van der Waals surface area contributed by atoms with Crippen LogP contribution in [0.3, 0.4) is 0 Å². The van der Waals surface area contributed by atoms with Crippen molar-refractivity contribution >= 4 is 0 Å². The zero-order valence-corrected chi connectivity index (χ0v) is 12.0. The predicted molar refractivity (Wildman–Crippen MR) is 74.0 cm³/mol. The summed E-state index contributed by atoms with van der Waals surface area (Å²) in [6.07, 6.45) is 3.46. The molecular formula is C16H23F2N. The summed E-state index contributed by atoms with van der Waals surface area (Å²) in [5.74, 6) is 0.360. The van der Waals surface area contributed by atoms with E-state index in [1.54, 1.807) is 6.92 Å². The summed E-state index contributed by atoms with van der Waals surface area (Å²) in [6, 6.07) is 2.62. The maximum Gasteiger partial charge on any atom is 0.128 e. The molecule has 0 aliphatic heterocycles. The molecule has 0 radical (unpaired) electrons. The first-order valence-electron chi connectivity index (χ1n) is 7.23. The Morgan fingerprint density at radius 3 is 2.58 bits per heavy atom. The number of benzene rings is 1. The van der Waals surface area contributed by atoms with E-state index in [1.165, 1.54) is 25.0 Å². The number of rotatable bonds is 4. The highest BCUT2D eigenvalue weighted by atomic mass is 19.1. The lowest BCUT2D eigenvalue weighted by molar-refractivity contribution is 0.298. The van der Waals surface area contributed by atoms with E-state index in [1.807, 2.05) is 6.92 Å². The van der Waals surface area contributed by atoms with Crippen molar-refractivity contribution in [3.63, 3.8) is 0 Å². The molecule has 0 heterocycles. The molecule has 1 aliphatic rings. The van der Waals surface area contributed by atoms with Crippen molar-refractivity contribution in [3.05, 3.63) is 34.9 Å². The van der Waals surface area contributed by atoms with Gasteiger partial charge in [-0.05, 0) is 49.4 Å². The van der Waals surface area contributed by atoms with Gasteiger partial charge in [-0.25, -0.2) is 8.78 Å². The van der Waals surface area contributed by atoms with Crippen LogP contribution in [0.1, 0.15) is 50.3 Å². The summed E-state index contributed by atoms with van der Waals surface area (Å²) in [4.78, 5) is 0. The van der Waals surface area contributed by atoms with E-state index in [0.29, 0.717) is 23.0 Å². The molecule has 0 saturated heterocycles. The van der Waals surface area contributed by atoms with E-state index in [9.17, 15) is 8.78 Å². The first-order valence-corrected chi connectivity index (χ1v) is 7.23. The molecule has 1 aromatic rings. The third-order valence-electron chi connectivity index (χ3n) is 4.39. The fourth-order valence-corrected chi connectivity index (χ4v) is 3.28. The average Bonchev–Trinajstić information content (AvgIpc) is 2.77. The normalized spacial score (nSPS) is 24.7.